The third-order valence-electron chi connectivity index (χ3n) is 5.06. The molecule has 184 valence electrons. The van der Waals surface area contributed by atoms with Gasteiger partial charge in [-0.2, -0.15) is 0 Å². The lowest BCUT2D eigenvalue weighted by molar-refractivity contribution is -0.148. The number of hydrogen-bond donors (Lipinski definition) is 1. The molecular formula is C26H29N3O5S. The van der Waals surface area contributed by atoms with Crippen LogP contribution in [0, 0.1) is 5.92 Å². The van der Waals surface area contributed by atoms with Crippen molar-refractivity contribution < 1.29 is 23.9 Å². The Bertz CT molecular complexity index is 1150. The number of nitrogens with zero attached hydrogens (tertiary/aromatic N) is 2. The van der Waals surface area contributed by atoms with Gasteiger partial charge in [-0.25, -0.2) is 9.78 Å². The minimum absolute atomic E-state index is 0.0714. The number of amides is 2. The number of nitrogens with one attached hydrogen (secondary N) is 1. The van der Waals surface area contributed by atoms with Crippen LogP contribution < -0.4 is 15.0 Å². The fourth-order valence-corrected chi connectivity index (χ4v) is 4.17. The molecule has 0 aliphatic heterocycles. The number of benzene rings is 2. The first-order chi connectivity index (χ1) is 16.8. The fraction of sp³-hybridized carbons (Fsp3) is 0.308. The number of anilines is 2. The molecule has 0 saturated heterocycles. The van der Waals surface area contributed by atoms with Gasteiger partial charge >= 0.3 is 5.97 Å². The molecule has 0 fully saturated rings. The van der Waals surface area contributed by atoms with Gasteiger partial charge in [0.15, 0.2) is 5.13 Å². The monoisotopic (exact) mass is 495 g/mol. The van der Waals surface area contributed by atoms with E-state index >= 15 is 0 Å². The molecular weight excluding hydrogens is 466 g/mol. The van der Waals surface area contributed by atoms with E-state index in [1.54, 1.807) is 29.6 Å². The lowest BCUT2D eigenvalue weighted by atomic mass is 10.0. The summed E-state index contributed by atoms with van der Waals surface area (Å²) >= 11 is 1.28. The molecule has 1 N–H and O–H groups in total. The summed E-state index contributed by atoms with van der Waals surface area (Å²) < 4.78 is 10.9. The van der Waals surface area contributed by atoms with Crippen molar-refractivity contribution in [3.63, 3.8) is 0 Å². The molecule has 0 bridgehead atoms. The maximum atomic E-state index is 12.8. The standard InChI is InChI=1S/C26H29N3O5S/c1-5-33-22-13-11-19(12-14-22)24(31)28-23(17(2)3)25(32)34-15-20-16-35-26(27-20)29(18(4)30)21-9-7-6-8-10-21/h6-14,16-17,23H,5,15H2,1-4H3,(H,28,31). The highest BCUT2D eigenvalue weighted by Gasteiger charge is 2.27. The van der Waals surface area contributed by atoms with Gasteiger partial charge in [0, 0.05) is 17.9 Å². The Morgan fingerprint density at radius 1 is 1.06 bits per heavy atom. The van der Waals surface area contributed by atoms with Gasteiger partial charge in [0.2, 0.25) is 5.91 Å². The molecule has 9 heteroatoms. The van der Waals surface area contributed by atoms with Crippen molar-refractivity contribution in [3.8, 4) is 5.75 Å². The third-order valence-corrected chi connectivity index (χ3v) is 5.93. The predicted octanol–water partition coefficient (Wildman–Crippen LogP) is 4.72. The van der Waals surface area contributed by atoms with Gasteiger partial charge in [-0.15, -0.1) is 11.3 Å². The van der Waals surface area contributed by atoms with Crippen molar-refractivity contribution in [3.05, 3.63) is 71.2 Å². The van der Waals surface area contributed by atoms with Crippen LogP contribution in [0.4, 0.5) is 10.8 Å². The first-order valence-electron chi connectivity index (χ1n) is 11.3. The first-order valence-corrected chi connectivity index (χ1v) is 12.2. The van der Waals surface area contributed by atoms with Crippen molar-refractivity contribution in [1.82, 2.24) is 10.3 Å². The van der Waals surface area contributed by atoms with E-state index in [2.05, 4.69) is 10.3 Å². The Hall–Kier alpha value is -3.72. The van der Waals surface area contributed by atoms with E-state index in [-0.39, 0.29) is 24.3 Å². The van der Waals surface area contributed by atoms with Crippen LogP contribution in [-0.4, -0.2) is 35.4 Å². The van der Waals surface area contributed by atoms with E-state index in [0.29, 0.717) is 34.4 Å². The summed E-state index contributed by atoms with van der Waals surface area (Å²) in [6.07, 6.45) is 0. The Balaban J connectivity index is 1.63. The molecule has 2 amide bonds. The molecule has 0 saturated carbocycles. The van der Waals surface area contributed by atoms with Crippen LogP contribution in [-0.2, 0) is 20.9 Å². The second kappa shape index (κ2) is 12.1. The van der Waals surface area contributed by atoms with Crippen LogP contribution in [0.2, 0.25) is 0 Å². The van der Waals surface area contributed by atoms with Gasteiger partial charge in [-0.1, -0.05) is 32.0 Å². The van der Waals surface area contributed by atoms with Crippen LogP contribution in [0.25, 0.3) is 0 Å². The number of ether oxygens (including phenoxy) is 2. The number of aromatic nitrogens is 1. The molecule has 1 aromatic heterocycles. The molecule has 8 nitrogen and oxygen atoms in total. The van der Waals surface area contributed by atoms with Crippen LogP contribution >= 0.6 is 11.3 Å². The van der Waals surface area contributed by atoms with E-state index in [1.165, 1.54) is 23.2 Å². The number of carbonyl (C=O) groups excluding carboxylic acids is 3. The summed E-state index contributed by atoms with van der Waals surface area (Å²) in [5, 5.41) is 4.98. The number of para-hydroxylation sites is 1. The Labute approximate surface area is 208 Å². The number of rotatable bonds is 10. The molecule has 0 radical (unpaired) electrons. The zero-order valence-corrected chi connectivity index (χ0v) is 21.0. The minimum Gasteiger partial charge on any atom is -0.494 e. The van der Waals surface area contributed by atoms with E-state index in [4.69, 9.17) is 9.47 Å². The molecule has 1 unspecified atom stereocenters. The summed E-state index contributed by atoms with van der Waals surface area (Å²) in [4.78, 5) is 43.6. The Kier molecular flexibility index (Phi) is 8.97. The van der Waals surface area contributed by atoms with Crippen molar-refractivity contribution in [2.45, 2.75) is 40.3 Å². The Morgan fingerprint density at radius 3 is 2.34 bits per heavy atom. The topological polar surface area (TPSA) is 97.8 Å². The molecule has 1 heterocycles. The number of thiazole rings is 1. The maximum Gasteiger partial charge on any atom is 0.329 e. The fourth-order valence-electron chi connectivity index (χ4n) is 3.30. The maximum absolute atomic E-state index is 12.8. The summed E-state index contributed by atoms with van der Waals surface area (Å²) in [6.45, 7) is 7.47. The van der Waals surface area contributed by atoms with E-state index < -0.39 is 12.0 Å². The highest BCUT2D eigenvalue weighted by atomic mass is 32.1. The second-order valence-corrected chi connectivity index (χ2v) is 8.91. The van der Waals surface area contributed by atoms with E-state index in [1.807, 2.05) is 51.1 Å². The summed E-state index contributed by atoms with van der Waals surface area (Å²) in [7, 11) is 0. The molecule has 3 aromatic rings. The second-order valence-electron chi connectivity index (χ2n) is 8.07. The zero-order chi connectivity index (χ0) is 25.4. The normalized spacial score (nSPS) is 11.6. The quantitative estimate of drug-likeness (QED) is 0.409. The van der Waals surface area contributed by atoms with Crippen LogP contribution in [0.3, 0.4) is 0 Å². The van der Waals surface area contributed by atoms with Gasteiger partial charge in [0.25, 0.3) is 5.91 Å². The molecule has 3 rings (SSSR count). The smallest absolute Gasteiger partial charge is 0.329 e. The molecule has 0 aliphatic carbocycles. The van der Waals surface area contributed by atoms with E-state index in [9.17, 15) is 14.4 Å². The summed E-state index contributed by atoms with van der Waals surface area (Å²) in [5.74, 6) is -0.626. The zero-order valence-electron chi connectivity index (χ0n) is 20.2. The number of carbonyl (C=O) groups is 3. The Morgan fingerprint density at radius 2 is 1.74 bits per heavy atom. The highest BCUT2D eigenvalue weighted by molar-refractivity contribution is 7.14. The van der Waals surface area contributed by atoms with Crippen LogP contribution in [0.5, 0.6) is 5.75 Å². The number of esters is 1. The molecule has 0 aliphatic rings. The molecule has 1 atom stereocenters. The summed E-state index contributed by atoms with van der Waals surface area (Å²) in [5.41, 5.74) is 1.64. The van der Waals surface area contributed by atoms with Crippen molar-refractivity contribution >= 4 is 39.9 Å². The van der Waals surface area contributed by atoms with Crippen LogP contribution in [0.15, 0.2) is 60.0 Å². The van der Waals surface area contributed by atoms with Crippen molar-refractivity contribution in [2.24, 2.45) is 5.92 Å². The lowest BCUT2D eigenvalue weighted by Crippen LogP contribution is -2.45. The van der Waals surface area contributed by atoms with Gasteiger partial charge in [0.1, 0.15) is 18.4 Å². The average Bonchev–Trinajstić information content (AvgIpc) is 3.30. The van der Waals surface area contributed by atoms with Gasteiger partial charge in [-0.3, -0.25) is 14.5 Å². The molecule has 2 aromatic carbocycles. The third kappa shape index (κ3) is 6.89. The first kappa shape index (κ1) is 25.9. The predicted molar refractivity (Wildman–Crippen MR) is 135 cm³/mol. The number of hydrogen-bond acceptors (Lipinski definition) is 7. The van der Waals surface area contributed by atoms with Gasteiger partial charge < -0.3 is 14.8 Å². The van der Waals surface area contributed by atoms with Gasteiger partial charge in [0.05, 0.1) is 18.0 Å². The van der Waals surface area contributed by atoms with Crippen molar-refractivity contribution in [2.75, 3.05) is 11.5 Å². The molecule has 0 spiro atoms. The average molecular weight is 496 g/mol. The SMILES string of the molecule is CCOc1ccc(C(=O)NC(C(=O)OCc2csc(N(C(C)=O)c3ccccc3)n2)C(C)C)cc1. The minimum atomic E-state index is -0.829. The molecule has 35 heavy (non-hydrogen) atoms. The lowest BCUT2D eigenvalue weighted by Gasteiger charge is -2.21. The van der Waals surface area contributed by atoms with Crippen LogP contribution in [0.1, 0.15) is 43.7 Å². The van der Waals surface area contributed by atoms with Gasteiger partial charge in [-0.05, 0) is 49.2 Å². The van der Waals surface area contributed by atoms with E-state index in [0.717, 1.165) is 0 Å². The largest absolute Gasteiger partial charge is 0.494 e. The highest BCUT2D eigenvalue weighted by Crippen LogP contribution is 2.29. The summed E-state index contributed by atoms with van der Waals surface area (Å²) in [6, 6.07) is 15.1. The van der Waals surface area contributed by atoms with Crippen molar-refractivity contribution in [1.29, 1.82) is 0 Å².